The average Bonchev–Trinajstić information content (AvgIpc) is 2.28. The van der Waals surface area contributed by atoms with Gasteiger partial charge in [-0.3, -0.25) is 0 Å². The van der Waals surface area contributed by atoms with Gasteiger partial charge in [-0.05, 0) is 32.0 Å². The van der Waals surface area contributed by atoms with E-state index in [0.29, 0.717) is 23.2 Å². The summed E-state index contributed by atoms with van der Waals surface area (Å²) in [5.74, 6) is 0. The van der Waals surface area contributed by atoms with Crippen LogP contribution in [0.3, 0.4) is 0 Å². The van der Waals surface area contributed by atoms with Crippen LogP contribution in [-0.4, -0.2) is 18.9 Å². The van der Waals surface area contributed by atoms with Crippen LogP contribution in [0.4, 0.5) is 0 Å². The zero-order chi connectivity index (χ0) is 12.0. The van der Waals surface area contributed by atoms with Crippen molar-refractivity contribution in [3.8, 4) is 0 Å². The molecule has 0 saturated heterocycles. The fraction of sp³-hybridized carbons (Fsp3) is 0.364. The van der Waals surface area contributed by atoms with Crippen LogP contribution in [0.1, 0.15) is 18.9 Å². The lowest BCUT2D eigenvalue weighted by Crippen LogP contribution is -2.03. The minimum Gasteiger partial charge on any atom is -0.396 e. The number of oxime groups is 1. The molecule has 0 saturated carbocycles. The molecule has 88 valence electrons. The molecular weight excluding hydrogens is 247 g/mol. The number of hydrogen-bond acceptors (Lipinski definition) is 3. The van der Waals surface area contributed by atoms with Crippen molar-refractivity contribution < 1.29 is 4.84 Å². The van der Waals surface area contributed by atoms with Crippen LogP contribution >= 0.6 is 23.2 Å². The van der Waals surface area contributed by atoms with E-state index in [1.165, 1.54) is 0 Å². The van der Waals surface area contributed by atoms with Crippen LogP contribution in [-0.2, 0) is 4.84 Å². The van der Waals surface area contributed by atoms with Crippen molar-refractivity contribution in [2.75, 3.05) is 13.2 Å². The van der Waals surface area contributed by atoms with Gasteiger partial charge in [0.15, 0.2) is 0 Å². The highest BCUT2D eigenvalue weighted by molar-refractivity contribution is 6.42. The summed E-state index contributed by atoms with van der Waals surface area (Å²) in [4.78, 5) is 5.09. The van der Waals surface area contributed by atoms with Crippen LogP contribution in [0, 0.1) is 0 Å². The van der Waals surface area contributed by atoms with E-state index >= 15 is 0 Å². The largest absolute Gasteiger partial charge is 0.396 e. The maximum Gasteiger partial charge on any atom is 0.118 e. The highest BCUT2D eigenvalue weighted by atomic mass is 35.5. The molecular formula is C11H14Cl2N2O. The van der Waals surface area contributed by atoms with Crippen molar-refractivity contribution in [2.45, 2.75) is 13.3 Å². The Morgan fingerprint density at radius 3 is 2.75 bits per heavy atom. The van der Waals surface area contributed by atoms with Gasteiger partial charge < -0.3 is 10.6 Å². The fourth-order valence-electron chi connectivity index (χ4n) is 1.06. The normalized spacial score (nSPS) is 11.6. The summed E-state index contributed by atoms with van der Waals surface area (Å²) < 4.78 is 0. The van der Waals surface area contributed by atoms with E-state index in [-0.39, 0.29) is 0 Å². The Kier molecular flexibility index (Phi) is 5.60. The molecule has 0 heterocycles. The third kappa shape index (κ3) is 4.00. The second-order valence-corrected chi connectivity index (χ2v) is 4.10. The van der Waals surface area contributed by atoms with Crippen LogP contribution in [0.5, 0.6) is 0 Å². The molecule has 1 rings (SSSR count). The maximum absolute atomic E-state index is 5.90. The summed E-state index contributed by atoms with van der Waals surface area (Å²) in [6, 6.07) is 5.34. The first-order valence-corrected chi connectivity index (χ1v) is 5.73. The number of halogens is 2. The van der Waals surface area contributed by atoms with Crippen LogP contribution < -0.4 is 5.73 Å². The van der Waals surface area contributed by atoms with E-state index in [2.05, 4.69) is 5.16 Å². The zero-order valence-electron chi connectivity index (χ0n) is 9.04. The highest BCUT2D eigenvalue weighted by Gasteiger charge is 2.02. The molecule has 16 heavy (non-hydrogen) atoms. The predicted molar refractivity (Wildman–Crippen MR) is 68.3 cm³/mol. The second-order valence-electron chi connectivity index (χ2n) is 3.28. The van der Waals surface area contributed by atoms with Gasteiger partial charge in [-0.1, -0.05) is 34.4 Å². The Morgan fingerprint density at radius 1 is 1.38 bits per heavy atom. The minimum absolute atomic E-state index is 0.510. The predicted octanol–water partition coefficient (Wildman–Crippen LogP) is 3.08. The van der Waals surface area contributed by atoms with E-state index in [0.717, 1.165) is 17.7 Å². The van der Waals surface area contributed by atoms with Crippen molar-refractivity contribution in [1.82, 2.24) is 0 Å². The third-order valence-electron chi connectivity index (χ3n) is 1.98. The van der Waals surface area contributed by atoms with Crippen LogP contribution in [0.15, 0.2) is 23.4 Å². The molecule has 3 nitrogen and oxygen atoms in total. The van der Waals surface area contributed by atoms with Gasteiger partial charge in [0, 0.05) is 5.56 Å². The van der Waals surface area contributed by atoms with Crippen LogP contribution in [0.25, 0.3) is 0 Å². The van der Waals surface area contributed by atoms with Gasteiger partial charge in [0.25, 0.3) is 0 Å². The summed E-state index contributed by atoms with van der Waals surface area (Å²) in [5, 5.41) is 5.00. The number of nitrogens with zero attached hydrogens (tertiary/aromatic N) is 1. The number of benzene rings is 1. The smallest absolute Gasteiger partial charge is 0.118 e. The topological polar surface area (TPSA) is 47.6 Å². The lowest BCUT2D eigenvalue weighted by molar-refractivity contribution is 0.143. The standard InChI is InChI=1S/C11H14Cl2N2O/c1-8(15-16-6-2-5-14)9-3-4-10(12)11(13)7-9/h3-4,7H,2,5-6,14H2,1H3/b15-8+. The van der Waals surface area contributed by atoms with E-state index in [1.807, 2.05) is 13.0 Å². The van der Waals surface area contributed by atoms with Gasteiger partial charge in [-0.2, -0.15) is 0 Å². The van der Waals surface area contributed by atoms with Gasteiger partial charge in [-0.25, -0.2) is 0 Å². The second kappa shape index (κ2) is 6.74. The summed E-state index contributed by atoms with van der Waals surface area (Å²) in [6.45, 7) is 2.97. The van der Waals surface area contributed by atoms with Crippen molar-refractivity contribution in [1.29, 1.82) is 0 Å². The lowest BCUT2D eigenvalue weighted by atomic mass is 10.1. The Hall–Kier alpha value is -0.770. The molecule has 1 aromatic carbocycles. The first kappa shape index (κ1) is 13.3. The van der Waals surface area contributed by atoms with E-state index in [9.17, 15) is 0 Å². The number of hydrogen-bond donors (Lipinski definition) is 1. The highest BCUT2D eigenvalue weighted by Crippen LogP contribution is 2.22. The molecule has 0 unspecified atom stereocenters. The first-order chi connectivity index (χ1) is 7.65. The quantitative estimate of drug-likeness (QED) is 0.503. The molecule has 0 radical (unpaired) electrons. The maximum atomic E-state index is 5.90. The first-order valence-electron chi connectivity index (χ1n) is 4.97. The Labute approximate surface area is 105 Å². The van der Waals surface area contributed by atoms with Crippen molar-refractivity contribution >= 4 is 28.9 Å². The summed E-state index contributed by atoms with van der Waals surface area (Å²) in [5.41, 5.74) is 6.98. The van der Waals surface area contributed by atoms with Crippen LogP contribution in [0.2, 0.25) is 10.0 Å². The van der Waals surface area contributed by atoms with Gasteiger partial charge in [0.2, 0.25) is 0 Å². The van der Waals surface area contributed by atoms with E-state index in [4.69, 9.17) is 33.8 Å². The molecule has 0 aromatic heterocycles. The Bertz CT molecular complexity index is 380. The molecule has 0 fully saturated rings. The van der Waals surface area contributed by atoms with Crippen molar-refractivity contribution in [3.05, 3.63) is 33.8 Å². The Balaban J connectivity index is 2.64. The number of nitrogens with two attached hydrogens (primary N) is 1. The minimum atomic E-state index is 0.510. The molecule has 0 bridgehead atoms. The average molecular weight is 261 g/mol. The van der Waals surface area contributed by atoms with Gasteiger partial charge in [0.1, 0.15) is 6.61 Å². The third-order valence-corrected chi connectivity index (χ3v) is 2.72. The monoisotopic (exact) mass is 260 g/mol. The summed E-state index contributed by atoms with van der Waals surface area (Å²) in [7, 11) is 0. The van der Waals surface area contributed by atoms with Gasteiger partial charge in [0.05, 0.1) is 15.8 Å². The summed E-state index contributed by atoms with van der Waals surface area (Å²) >= 11 is 11.7. The van der Waals surface area contributed by atoms with Gasteiger partial charge in [-0.15, -0.1) is 0 Å². The summed E-state index contributed by atoms with van der Waals surface area (Å²) in [6.07, 6.45) is 0.790. The molecule has 0 aliphatic rings. The molecule has 0 aliphatic carbocycles. The molecule has 0 atom stereocenters. The van der Waals surface area contributed by atoms with Crippen molar-refractivity contribution in [3.63, 3.8) is 0 Å². The molecule has 2 N–H and O–H groups in total. The van der Waals surface area contributed by atoms with Crippen molar-refractivity contribution in [2.24, 2.45) is 10.9 Å². The van der Waals surface area contributed by atoms with Gasteiger partial charge >= 0.3 is 0 Å². The fourth-order valence-corrected chi connectivity index (χ4v) is 1.36. The SMILES string of the molecule is C/C(=N\OCCCN)c1ccc(Cl)c(Cl)c1. The Morgan fingerprint density at radius 2 is 2.12 bits per heavy atom. The molecule has 0 amide bonds. The molecule has 0 spiro atoms. The lowest BCUT2D eigenvalue weighted by Gasteiger charge is -2.03. The number of rotatable bonds is 5. The zero-order valence-corrected chi connectivity index (χ0v) is 10.6. The molecule has 1 aromatic rings. The van der Waals surface area contributed by atoms with E-state index in [1.54, 1.807) is 12.1 Å². The molecule has 5 heteroatoms. The molecule has 0 aliphatic heterocycles. The van der Waals surface area contributed by atoms with E-state index < -0.39 is 0 Å².